The maximum atomic E-state index is 11.5. The van der Waals surface area contributed by atoms with Crippen LogP contribution in [0.2, 0.25) is 0 Å². The normalized spacial score (nSPS) is 21.2. The second-order valence-corrected chi connectivity index (χ2v) is 5.69. The van der Waals surface area contributed by atoms with Gasteiger partial charge in [-0.05, 0) is 27.2 Å². The average molecular weight is 219 g/mol. The zero-order chi connectivity index (χ0) is 11.4. The van der Waals surface area contributed by atoms with Gasteiger partial charge in [-0.25, -0.2) is 8.42 Å². The summed E-state index contributed by atoms with van der Waals surface area (Å²) in [6.07, 6.45) is 2.52. The molecule has 1 rings (SSSR count). The number of rotatable bonds is 0. The summed E-state index contributed by atoms with van der Waals surface area (Å²) in [7, 11) is -3.13. The molecule has 1 aliphatic heterocycles. The topological polar surface area (TPSA) is 37.4 Å². The summed E-state index contributed by atoms with van der Waals surface area (Å²) in [6, 6.07) is 0. The van der Waals surface area contributed by atoms with E-state index >= 15 is 0 Å². The van der Waals surface area contributed by atoms with Gasteiger partial charge in [0.25, 0.3) is 0 Å². The number of sulfonamides is 1. The van der Waals surface area contributed by atoms with Crippen molar-refractivity contribution in [3.8, 4) is 0 Å². The van der Waals surface area contributed by atoms with Crippen molar-refractivity contribution in [3.63, 3.8) is 0 Å². The van der Waals surface area contributed by atoms with E-state index in [-0.39, 0.29) is 5.54 Å². The molecule has 0 amide bonds. The lowest BCUT2D eigenvalue weighted by Gasteiger charge is -2.34. The zero-order valence-electron chi connectivity index (χ0n) is 9.74. The maximum absolute atomic E-state index is 11.5. The SMILES string of the molecule is CC.CC(C)(C)N1CCC=CS1(=O)=O. The van der Waals surface area contributed by atoms with Gasteiger partial charge in [0.05, 0.1) is 0 Å². The van der Waals surface area contributed by atoms with Crippen LogP contribution in [0, 0.1) is 0 Å². The molecule has 0 aromatic carbocycles. The molecule has 84 valence electrons. The minimum Gasteiger partial charge on any atom is -0.207 e. The lowest BCUT2D eigenvalue weighted by molar-refractivity contribution is 0.253. The monoisotopic (exact) mass is 219 g/mol. The van der Waals surface area contributed by atoms with Crippen LogP contribution in [-0.2, 0) is 10.0 Å². The van der Waals surface area contributed by atoms with E-state index in [2.05, 4.69) is 0 Å². The van der Waals surface area contributed by atoms with E-state index in [1.54, 1.807) is 6.08 Å². The van der Waals surface area contributed by atoms with Crippen LogP contribution in [0.5, 0.6) is 0 Å². The van der Waals surface area contributed by atoms with Gasteiger partial charge in [0, 0.05) is 17.5 Å². The Morgan fingerprint density at radius 2 is 1.71 bits per heavy atom. The highest BCUT2D eigenvalue weighted by Gasteiger charge is 2.31. The Bertz CT molecular complexity index is 286. The predicted octanol–water partition coefficient (Wildman–Crippen LogP) is 2.36. The Kier molecular flexibility index (Phi) is 4.81. The van der Waals surface area contributed by atoms with E-state index in [1.807, 2.05) is 34.6 Å². The molecule has 0 saturated heterocycles. The Morgan fingerprint density at radius 1 is 1.21 bits per heavy atom. The summed E-state index contributed by atoms with van der Waals surface area (Å²) in [6.45, 7) is 10.3. The second-order valence-electron chi connectivity index (χ2n) is 3.95. The minimum atomic E-state index is -3.13. The van der Waals surface area contributed by atoms with Gasteiger partial charge in [-0.1, -0.05) is 19.9 Å². The molecular weight excluding hydrogens is 198 g/mol. The first kappa shape index (κ1) is 13.7. The molecule has 3 nitrogen and oxygen atoms in total. The summed E-state index contributed by atoms with van der Waals surface area (Å²) in [4.78, 5) is 0. The van der Waals surface area contributed by atoms with Crippen LogP contribution in [0.1, 0.15) is 41.0 Å². The van der Waals surface area contributed by atoms with Crippen LogP contribution < -0.4 is 0 Å². The van der Waals surface area contributed by atoms with Crippen molar-refractivity contribution in [1.82, 2.24) is 4.31 Å². The highest BCUT2D eigenvalue weighted by atomic mass is 32.2. The molecule has 14 heavy (non-hydrogen) atoms. The van der Waals surface area contributed by atoms with Gasteiger partial charge in [-0.15, -0.1) is 0 Å². The Morgan fingerprint density at radius 3 is 2.00 bits per heavy atom. The van der Waals surface area contributed by atoms with Crippen molar-refractivity contribution in [2.45, 2.75) is 46.6 Å². The minimum absolute atomic E-state index is 0.302. The quantitative estimate of drug-likeness (QED) is 0.627. The van der Waals surface area contributed by atoms with E-state index in [0.717, 1.165) is 6.42 Å². The molecule has 0 aromatic heterocycles. The van der Waals surface area contributed by atoms with Gasteiger partial charge < -0.3 is 0 Å². The second kappa shape index (κ2) is 4.94. The summed E-state index contributed by atoms with van der Waals surface area (Å²) in [5.74, 6) is 0. The molecule has 0 aliphatic carbocycles. The Balaban J connectivity index is 0.000000791. The fourth-order valence-corrected chi connectivity index (χ4v) is 2.95. The van der Waals surface area contributed by atoms with E-state index in [4.69, 9.17) is 0 Å². The fourth-order valence-electron chi connectivity index (χ4n) is 1.30. The van der Waals surface area contributed by atoms with Gasteiger partial charge in [0.2, 0.25) is 10.0 Å². The summed E-state index contributed by atoms with van der Waals surface area (Å²) >= 11 is 0. The number of hydrogen-bond acceptors (Lipinski definition) is 2. The van der Waals surface area contributed by atoms with Crippen LogP contribution in [0.3, 0.4) is 0 Å². The summed E-state index contributed by atoms with van der Waals surface area (Å²) < 4.78 is 24.5. The molecule has 1 aliphatic rings. The highest BCUT2D eigenvalue weighted by molar-refractivity contribution is 7.92. The summed E-state index contributed by atoms with van der Waals surface area (Å²) in [5.41, 5.74) is -0.302. The van der Waals surface area contributed by atoms with Gasteiger partial charge in [-0.3, -0.25) is 0 Å². The zero-order valence-corrected chi connectivity index (χ0v) is 10.6. The van der Waals surface area contributed by atoms with E-state index in [1.165, 1.54) is 9.71 Å². The lowest BCUT2D eigenvalue weighted by Crippen LogP contribution is -2.46. The van der Waals surface area contributed by atoms with Gasteiger partial charge in [0.1, 0.15) is 0 Å². The molecule has 0 aromatic rings. The molecular formula is C10H21NO2S. The predicted molar refractivity (Wildman–Crippen MR) is 60.5 cm³/mol. The van der Waals surface area contributed by atoms with E-state index in [9.17, 15) is 8.42 Å². The van der Waals surface area contributed by atoms with Gasteiger partial charge in [0.15, 0.2) is 0 Å². The third-order valence-corrected chi connectivity index (χ3v) is 3.70. The first-order valence-electron chi connectivity index (χ1n) is 5.03. The van der Waals surface area contributed by atoms with Crippen LogP contribution in [0.4, 0.5) is 0 Å². The molecule has 0 radical (unpaired) electrons. The van der Waals surface area contributed by atoms with E-state index in [0.29, 0.717) is 6.54 Å². The summed E-state index contributed by atoms with van der Waals surface area (Å²) in [5, 5.41) is 1.29. The fraction of sp³-hybridized carbons (Fsp3) is 0.800. The van der Waals surface area contributed by atoms with Crippen LogP contribution in [0.15, 0.2) is 11.5 Å². The average Bonchev–Trinajstić information content (AvgIpc) is 2.04. The third kappa shape index (κ3) is 3.42. The van der Waals surface area contributed by atoms with Crippen molar-refractivity contribution < 1.29 is 8.42 Å². The van der Waals surface area contributed by atoms with Crippen molar-refractivity contribution in [2.75, 3.05) is 6.54 Å². The van der Waals surface area contributed by atoms with Crippen LogP contribution >= 0.6 is 0 Å². The van der Waals surface area contributed by atoms with E-state index < -0.39 is 10.0 Å². The third-order valence-electron chi connectivity index (χ3n) is 1.82. The standard InChI is InChI=1S/C8H15NO2S.C2H6/c1-8(2,3)9-6-4-5-7-12(9,10)11;1-2/h5,7H,4,6H2,1-3H3;1-2H3. The van der Waals surface area contributed by atoms with Crippen LogP contribution in [-0.4, -0.2) is 24.8 Å². The smallest absolute Gasteiger partial charge is 0.207 e. The van der Waals surface area contributed by atoms with Crippen molar-refractivity contribution in [3.05, 3.63) is 11.5 Å². The lowest BCUT2D eigenvalue weighted by atomic mass is 10.1. The van der Waals surface area contributed by atoms with Crippen molar-refractivity contribution in [2.24, 2.45) is 0 Å². The number of nitrogens with zero attached hydrogens (tertiary/aromatic N) is 1. The first-order valence-corrected chi connectivity index (χ1v) is 6.54. The van der Waals surface area contributed by atoms with Gasteiger partial charge in [-0.2, -0.15) is 4.31 Å². The van der Waals surface area contributed by atoms with Gasteiger partial charge >= 0.3 is 0 Å². The van der Waals surface area contributed by atoms with Crippen molar-refractivity contribution in [1.29, 1.82) is 0 Å². The molecule has 1 heterocycles. The first-order chi connectivity index (χ1) is 6.34. The number of hydrogen-bond donors (Lipinski definition) is 0. The maximum Gasteiger partial charge on any atom is 0.236 e. The molecule has 0 fully saturated rings. The largest absolute Gasteiger partial charge is 0.236 e. The Labute approximate surface area is 87.9 Å². The molecule has 0 unspecified atom stereocenters. The molecule has 0 N–H and O–H groups in total. The Hall–Kier alpha value is -0.350. The van der Waals surface area contributed by atoms with Crippen molar-refractivity contribution >= 4 is 10.0 Å². The molecule has 0 spiro atoms. The molecule has 0 saturated carbocycles. The highest BCUT2D eigenvalue weighted by Crippen LogP contribution is 2.22. The molecule has 0 bridgehead atoms. The molecule has 4 heteroatoms. The van der Waals surface area contributed by atoms with Crippen LogP contribution in [0.25, 0.3) is 0 Å². The molecule has 0 atom stereocenters.